The Kier molecular flexibility index (Phi) is 5.53. The molecule has 2 fully saturated rings. The van der Waals surface area contributed by atoms with Crippen LogP contribution in [0.1, 0.15) is 85.5 Å². The second-order valence-electron chi connectivity index (χ2n) is 7.47. The lowest BCUT2D eigenvalue weighted by Gasteiger charge is -2.56. The minimum atomic E-state index is 0.320. The van der Waals surface area contributed by atoms with E-state index >= 15 is 0 Å². The monoisotopic (exact) mass is 280 g/mol. The molecule has 2 nitrogen and oxygen atoms in total. The number of nitrogens with zero attached hydrogens (tertiary/aromatic N) is 1. The van der Waals surface area contributed by atoms with E-state index in [9.17, 15) is 0 Å². The van der Waals surface area contributed by atoms with Crippen molar-refractivity contribution in [1.29, 1.82) is 0 Å². The topological polar surface area (TPSA) is 15.3 Å². The van der Waals surface area contributed by atoms with Crippen LogP contribution in [0.25, 0.3) is 0 Å². The molecule has 1 unspecified atom stereocenters. The molecule has 1 saturated carbocycles. The second kappa shape index (κ2) is 6.79. The van der Waals surface area contributed by atoms with Gasteiger partial charge in [-0.1, -0.05) is 46.5 Å². The molecule has 0 spiro atoms. The maximum Gasteiger partial charge on any atom is 0.0332 e. The van der Waals surface area contributed by atoms with Gasteiger partial charge in [0.1, 0.15) is 0 Å². The molecule has 20 heavy (non-hydrogen) atoms. The lowest BCUT2D eigenvalue weighted by Crippen LogP contribution is -2.70. The molecule has 118 valence electrons. The molecule has 0 radical (unpaired) electrons. The van der Waals surface area contributed by atoms with Gasteiger partial charge in [-0.2, -0.15) is 0 Å². The van der Waals surface area contributed by atoms with Gasteiger partial charge in [-0.3, -0.25) is 4.90 Å². The zero-order valence-electron chi connectivity index (χ0n) is 14.3. The fourth-order valence-electron chi connectivity index (χ4n) is 4.31. The van der Waals surface area contributed by atoms with E-state index in [0.717, 1.165) is 6.04 Å². The maximum atomic E-state index is 3.88. The average molecular weight is 280 g/mol. The number of piperazine rings is 1. The normalized spacial score (nSPS) is 33.0. The lowest BCUT2D eigenvalue weighted by molar-refractivity contribution is -0.0337. The SMILES string of the molecule is CCC1(C)CN(C2CCCCCC2)C(CC)(CC)CN1. The van der Waals surface area contributed by atoms with E-state index in [0.29, 0.717) is 11.1 Å². The predicted octanol–water partition coefficient (Wildman–Crippen LogP) is 4.34. The van der Waals surface area contributed by atoms with Crippen LogP contribution in [0, 0.1) is 0 Å². The molecule has 0 aromatic rings. The first-order valence-electron chi connectivity index (χ1n) is 9.11. The number of hydrogen-bond acceptors (Lipinski definition) is 2. The molecule has 1 saturated heterocycles. The van der Waals surface area contributed by atoms with Gasteiger partial charge in [0.05, 0.1) is 0 Å². The summed E-state index contributed by atoms with van der Waals surface area (Å²) in [5, 5.41) is 3.88. The quantitative estimate of drug-likeness (QED) is 0.771. The van der Waals surface area contributed by atoms with Crippen LogP contribution in [0.4, 0.5) is 0 Å². The van der Waals surface area contributed by atoms with E-state index in [1.54, 1.807) is 0 Å². The van der Waals surface area contributed by atoms with Crippen LogP contribution < -0.4 is 5.32 Å². The van der Waals surface area contributed by atoms with Crippen molar-refractivity contribution in [3.8, 4) is 0 Å². The molecule has 0 amide bonds. The van der Waals surface area contributed by atoms with Crippen LogP contribution in [0.15, 0.2) is 0 Å². The van der Waals surface area contributed by atoms with E-state index < -0.39 is 0 Å². The van der Waals surface area contributed by atoms with Gasteiger partial charge in [0, 0.05) is 30.2 Å². The molecule has 1 heterocycles. The molecule has 2 heteroatoms. The van der Waals surface area contributed by atoms with Crippen molar-refractivity contribution < 1.29 is 0 Å². The van der Waals surface area contributed by atoms with E-state index in [1.807, 2.05) is 0 Å². The summed E-state index contributed by atoms with van der Waals surface area (Å²) < 4.78 is 0. The number of nitrogens with one attached hydrogen (secondary N) is 1. The summed E-state index contributed by atoms with van der Waals surface area (Å²) >= 11 is 0. The zero-order valence-corrected chi connectivity index (χ0v) is 14.3. The first kappa shape index (κ1) is 16.3. The van der Waals surface area contributed by atoms with Gasteiger partial charge >= 0.3 is 0 Å². The summed E-state index contributed by atoms with van der Waals surface area (Å²) in [7, 11) is 0. The summed E-state index contributed by atoms with van der Waals surface area (Å²) in [5.74, 6) is 0. The Morgan fingerprint density at radius 2 is 1.55 bits per heavy atom. The second-order valence-corrected chi connectivity index (χ2v) is 7.47. The van der Waals surface area contributed by atoms with E-state index in [1.165, 1.54) is 70.9 Å². The Labute approximate surface area is 126 Å². The molecule has 0 bridgehead atoms. The molecule has 2 aliphatic rings. The lowest BCUT2D eigenvalue weighted by atomic mass is 9.80. The Bertz CT molecular complexity index is 290. The van der Waals surface area contributed by atoms with Crippen LogP contribution in [-0.4, -0.2) is 35.1 Å². The average Bonchev–Trinajstić information content (AvgIpc) is 2.77. The highest BCUT2D eigenvalue weighted by atomic mass is 15.3. The molecular weight excluding hydrogens is 244 g/mol. The van der Waals surface area contributed by atoms with Gasteiger partial charge in [-0.25, -0.2) is 0 Å². The molecule has 1 aliphatic carbocycles. The summed E-state index contributed by atoms with van der Waals surface area (Å²) in [6.07, 6.45) is 12.5. The fourth-order valence-corrected chi connectivity index (χ4v) is 4.31. The molecule has 0 aromatic carbocycles. The summed E-state index contributed by atoms with van der Waals surface area (Å²) in [6, 6.07) is 0.838. The Balaban J connectivity index is 2.20. The largest absolute Gasteiger partial charge is 0.308 e. The van der Waals surface area contributed by atoms with Gasteiger partial charge < -0.3 is 5.32 Å². The Hall–Kier alpha value is -0.0800. The van der Waals surface area contributed by atoms with E-state index in [2.05, 4.69) is 37.9 Å². The highest BCUT2D eigenvalue weighted by molar-refractivity contribution is 5.04. The third kappa shape index (κ3) is 3.22. The molecule has 1 atom stereocenters. The van der Waals surface area contributed by atoms with Crippen molar-refractivity contribution in [3.63, 3.8) is 0 Å². The third-order valence-corrected chi connectivity index (χ3v) is 6.33. The molecule has 0 aromatic heterocycles. The van der Waals surface area contributed by atoms with Crippen molar-refractivity contribution in [2.24, 2.45) is 0 Å². The van der Waals surface area contributed by atoms with Crippen molar-refractivity contribution in [3.05, 3.63) is 0 Å². The van der Waals surface area contributed by atoms with Crippen molar-refractivity contribution in [2.75, 3.05) is 13.1 Å². The van der Waals surface area contributed by atoms with Crippen LogP contribution in [0.3, 0.4) is 0 Å². The van der Waals surface area contributed by atoms with Crippen LogP contribution in [0.5, 0.6) is 0 Å². The van der Waals surface area contributed by atoms with Crippen molar-refractivity contribution in [2.45, 2.75) is 103 Å². The Morgan fingerprint density at radius 3 is 2.05 bits per heavy atom. The smallest absolute Gasteiger partial charge is 0.0332 e. The maximum absolute atomic E-state index is 3.88. The van der Waals surface area contributed by atoms with E-state index in [4.69, 9.17) is 0 Å². The zero-order chi connectivity index (χ0) is 14.6. The van der Waals surface area contributed by atoms with E-state index in [-0.39, 0.29) is 0 Å². The Morgan fingerprint density at radius 1 is 0.950 bits per heavy atom. The van der Waals surface area contributed by atoms with Gasteiger partial charge in [0.25, 0.3) is 0 Å². The highest BCUT2D eigenvalue weighted by Gasteiger charge is 2.45. The minimum absolute atomic E-state index is 0.320. The summed E-state index contributed by atoms with van der Waals surface area (Å²) in [6.45, 7) is 12.0. The van der Waals surface area contributed by atoms with Gasteiger partial charge in [0.2, 0.25) is 0 Å². The van der Waals surface area contributed by atoms with Crippen LogP contribution >= 0.6 is 0 Å². The number of rotatable bonds is 4. The van der Waals surface area contributed by atoms with Gasteiger partial charge in [-0.15, -0.1) is 0 Å². The molecule has 1 aliphatic heterocycles. The highest BCUT2D eigenvalue weighted by Crippen LogP contribution is 2.36. The first-order chi connectivity index (χ1) is 9.59. The first-order valence-corrected chi connectivity index (χ1v) is 9.11. The van der Waals surface area contributed by atoms with Crippen LogP contribution in [0.2, 0.25) is 0 Å². The molecule has 2 rings (SSSR count). The van der Waals surface area contributed by atoms with Crippen molar-refractivity contribution >= 4 is 0 Å². The predicted molar refractivity (Wildman–Crippen MR) is 88.2 cm³/mol. The minimum Gasteiger partial charge on any atom is -0.308 e. The van der Waals surface area contributed by atoms with Crippen molar-refractivity contribution in [1.82, 2.24) is 10.2 Å². The summed E-state index contributed by atoms with van der Waals surface area (Å²) in [4.78, 5) is 2.94. The molecular formula is C18H36N2. The number of hydrogen-bond donors (Lipinski definition) is 1. The molecule has 1 N–H and O–H groups in total. The third-order valence-electron chi connectivity index (χ3n) is 6.33. The summed E-state index contributed by atoms with van der Waals surface area (Å²) in [5.41, 5.74) is 0.726. The van der Waals surface area contributed by atoms with Gasteiger partial charge in [-0.05, 0) is 39.0 Å². The fraction of sp³-hybridized carbons (Fsp3) is 1.00. The van der Waals surface area contributed by atoms with Gasteiger partial charge in [0.15, 0.2) is 0 Å². The standard InChI is InChI=1S/C18H36N2/c1-5-17(4)15-20(16-12-10-8-9-11-13-16)18(6-2,7-3)14-19-17/h16,19H,5-15H2,1-4H3. The van der Waals surface area contributed by atoms with Crippen LogP contribution in [-0.2, 0) is 0 Å².